The Morgan fingerprint density at radius 2 is 1.93 bits per heavy atom. The highest BCUT2D eigenvalue weighted by molar-refractivity contribution is 7.98. The SMILES string of the molecule is CSCCC(=O)N1CCC[C@@H](n2nc(-c3ccc(C(=O)Nc4cc(C(F)(F)F)ccn4)cc3)c3c(N)ncnc32)C1. The zero-order chi connectivity index (χ0) is 29.1. The molecule has 3 aromatic heterocycles. The third kappa shape index (κ3) is 6.11. The highest BCUT2D eigenvalue weighted by Crippen LogP contribution is 2.34. The van der Waals surface area contributed by atoms with E-state index in [1.807, 2.05) is 11.2 Å². The second kappa shape index (κ2) is 11.7. The van der Waals surface area contributed by atoms with E-state index in [0.29, 0.717) is 41.8 Å². The quantitative estimate of drug-likeness (QED) is 0.321. The number of amides is 2. The van der Waals surface area contributed by atoms with Crippen LogP contribution in [0, 0.1) is 0 Å². The summed E-state index contributed by atoms with van der Waals surface area (Å²) in [5.41, 5.74) is 7.28. The molecule has 0 bridgehead atoms. The number of nitrogens with one attached hydrogen (secondary N) is 1. The topological polar surface area (TPSA) is 132 Å². The van der Waals surface area contributed by atoms with E-state index in [2.05, 4.69) is 20.3 Å². The van der Waals surface area contributed by atoms with E-state index in [9.17, 15) is 22.8 Å². The number of nitrogens with two attached hydrogens (primary N) is 1. The number of benzene rings is 1. The smallest absolute Gasteiger partial charge is 0.383 e. The first kappa shape index (κ1) is 28.3. The second-order valence-corrected chi connectivity index (χ2v) is 10.6. The van der Waals surface area contributed by atoms with Crippen molar-refractivity contribution in [3.05, 3.63) is 60.0 Å². The summed E-state index contributed by atoms with van der Waals surface area (Å²) in [4.78, 5) is 39.7. The summed E-state index contributed by atoms with van der Waals surface area (Å²) >= 11 is 1.63. The maximum absolute atomic E-state index is 13.0. The normalized spacial score (nSPS) is 15.7. The lowest BCUT2D eigenvalue weighted by Crippen LogP contribution is -2.41. The molecule has 3 N–H and O–H groups in total. The van der Waals surface area contributed by atoms with Crippen molar-refractivity contribution in [1.29, 1.82) is 0 Å². The van der Waals surface area contributed by atoms with E-state index in [4.69, 9.17) is 10.8 Å². The Morgan fingerprint density at radius 1 is 1.15 bits per heavy atom. The Labute approximate surface area is 237 Å². The largest absolute Gasteiger partial charge is 0.416 e. The number of nitrogen functional groups attached to an aromatic ring is 1. The zero-order valence-electron chi connectivity index (χ0n) is 22.1. The van der Waals surface area contributed by atoms with Gasteiger partial charge in [-0.05, 0) is 43.4 Å². The number of halogens is 3. The van der Waals surface area contributed by atoms with Crippen LogP contribution in [0.25, 0.3) is 22.3 Å². The van der Waals surface area contributed by atoms with Crippen LogP contribution in [-0.4, -0.2) is 66.5 Å². The number of likely N-dealkylation sites (tertiary alicyclic amines) is 1. The molecular weight excluding hydrogens is 557 g/mol. The Morgan fingerprint density at radius 3 is 2.66 bits per heavy atom. The van der Waals surface area contributed by atoms with Gasteiger partial charge in [0.2, 0.25) is 5.91 Å². The van der Waals surface area contributed by atoms with Gasteiger partial charge in [0.1, 0.15) is 23.7 Å². The van der Waals surface area contributed by atoms with E-state index in [1.165, 1.54) is 18.5 Å². The summed E-state index contributed by atoms with van der Waals surface area (Å²) in [6, 6.07) is 7.93. The summed E-state index contributed by atoms with van der Waals surface area (Å²) in [5, 5.41) is 7.81. The van der Waals surface area contributed by atoms with Crippen LogP contribution in [0.1, 0.15) is 41.2 Å². The molecule has 0 spiro atoms. The van der Waals surface area contributed by atoms with Gasteiger partial charge in [-0.1, -0.05) is 12.1 Å². The molecule has 5 rings (SSSR count). The van der Waals surface area contributed by atoms with Crippen molar-refractivity contribution in [2.75, 3.05) is 36.1 Å². The van der Waals surface area contributed by atoms with Gasteiger partial charge in [0.05, 0.1) is 17.0 Å². The molecule has 10 nitrogen and oxygen atoms in total. The summed E-state index contributed by atoms with van der Waals surface area (Å²) in [6.45, 7) is 1.21. The molecule has 1 aliphatic rings. The van der Waals surface area contributed by atoms with Gasteiger partial charge in [-0.2, -0.15) is 30.0 Å². The van der Waals surface area contributed by atoms with Gasteiger partial charge >= 0.3 is 6.18 Å². The average Bonchev–Trinajstić information content (AvgIpc) is 3.37. The molecule has 1 aliphatic heterocycles. The molecule has 41 heavy (non-hydrogen) atoms. The second-order valence-electron chi connectivity index (χ2n) is 9.59. The van der Waals surface area contributed by atoms with Gasteiger partial charge in [-0.15, -0.1) is 0 Å². The van der Waals surface area contributed by atoms with Crippen LogP contribution in [-0.2, 0) is 11.0 Å². The van der Waals surface area contributed by atoms with Crippen LogP contribution in [0.2, 0.25) is 0 Å². The minimum absolute atomic E-state index is 0.0995. The molecule has 1 saturated heterocycles. The molecule has 1 atom stereocenters. The lowest BCUT2D eigenvalue weighted by molar-refractivity contribution is -0.137. The van der Waals surface area contributed by atoms with Crippen molar-refractivity contribution in [3.63, 3.8) is 0 Å². The lowest BCUT2D eigenvalue weighted by atomic mass is 10.1. The van der Waals surface area contributed by atoms with Crippen LogP contribution in [0.5, 0.6) is 0 Å². The van der Waals surface area contributed by atoms with Crippen LogP contribution in [0.15, 0.2) is 48.9 Å². The predicted molar refractivity (Wildman–Crippen MR) is 150 cm³/mol. The summed E-state index contributed by atoms with van der Waals surface area (Å²) < 4.78 is 40.8. The van der Waals surface area contributed by atoms with Crippen molar-refractivity contribution in [3.8, 4) is 11.3 Å². The first-order chi connectivity index (χ1) is 19.7. The Balaban J connectivity index is 1.40. The molecular formula is C27H27F3N8O2S. The number of nitrogens with zero attached hydrogens (tertiary/aromatic N) is 6. The van der Waals surface area contributed by atoms with Crippen molar-refractivity contribution < 1.29 is 22.8 Å². The van der Waals surface area contributed by atoms with Gasteiger partial charge in [0, 0.05) is 42.6 Å². The van der Waals surface area contributed by atoms with E-state index < -0.39 is 17.6 Å². The number of fused-ring (bicyclic) bond motifs is 1. The van der Waals surface area contributed by atoms with Gasteiger partial charge in [0.15, 0.2) is 5.65 Å². The van der Waals surface area contributed by atoms with E-state index >= 15 is 0 Å². The van der Waals surface area contributed by atoms with Crippen molar-refractivity contribution >= 4 is 46.2 Å². The molecule has 0 saturated carbocycles. The fourth-order valence-corrected chi connectivity index (χ4v) is 5.20. The van der Waals surface area contributed by atoms with Gasteiger partial charge in [-0.3, -0.25) is 9.59 Å². The van der Waals surface area contributed by atoms with E-state index in [-0.39, 0.29) is 29.1 Å². The van der Waals surface area contributed by atoms with Crippen molar-refractivity contribution in [2.24, 2.45) is 0 Å². The third-order valence-corrected chi connectivity index (χ3v) is 7.50. The molecule has 0 radical (unpaired) electrons. The Hall–Kier alpha value is -4.20. The number of carbonyl (C=O) groups is 2. The molecule has 214 valence electrons. The molecule has 1 aromatic carbocycles. The Bertz CT molecular complexity index is 1580. The number of pyridine rings is 1. The van der Waals surface area contributed by atoms with Gasteiger partial charge in [0.25, 0.3) is 5.91 Å². The fraction of sp³-hybridized carbons (Fsp3) is 0.333. The number of piperidine rings is 1. The number of hydrogen-bond acceptors (Lipinski definition) is 8. The first-order valence-electron chi connectivity index (χ1n) is 12.9. The highest BCUT2D eigenvalue weighted by atomic mass is 32.2. The highest BCUT2D eigenvalue weighted by Gasteiger charge is 2.31. The third-order valence-electron chi connectivity index (χ3n) is 6.88. The standard InChI is InChI=1S/C27H27F3N8O2S/c1-41-12-9-21(39)37-11-2-3-19(14-37)38-25-22(24(31)33-15-34-25)23(36-38)16-4-6-17(7-5-16)26(40)35-20-13-18(8-10-32-20)27(28,29)30/h4-8,10,13,15,19H,2-3,9,11-12,14H2,1H3,(H2,31,33,34)(H,32,35,40)/t19-/m1/s1. The van der Waals surface area contributed by atoms with Crippen LogP contribution >= 0.6 is 11.8 Å². The first-order valence-corrected chi connectivity index (χ1v) is 14.3. The van der Waals surface area contributed by atoms with Crippen LogP contribution in [0.4, 0.5) is 24.8 Å². The summed E-state index contributed by atoms with van der Waals surface area (Å²) in [5.74, 6) is 0.303. The fourth-order valence-electron chi connectivity index (χ4n) is 4.82. The number of alkyl halides is 3. The summed E-state index contributed by atoms with van der Waals surface area (Å²) in [6.07, 6.45) is 1.91. The van der Waals surface area contributed by atoms with Crippen LogP contribution in [0.3, 0.4) is 0 Å². The number of aromatic nitrogens is 5. The van der Waals surface area contributed by atoms with Crippen molar-refractivity contribution in [2.45, 2.75) is 31.5 Å². The molecule has 4 aromatic rings. The maximum Gasteiger partial charge on any atom is 0.416 e. The molecule has 1 fully saturated rings. The minimum atomic E-state index is -4.55. The molecule has 2 amide bonds. The number of carbonyl (C=O) groups excluding carboxylic acids is 2. The van der Waals surface area contributed by atoms with Gasteiger partial charge in [-0.25, -0.2) is 19.6 Å². The molecule has 14 heteroatoms. The van der Waals surface area contributed by atoms with Crippen molar-refractivity contribution in [1.82, 2.24) is 29.6 Å². The lowest BCUT2D eigenvalue weighted by Gasteiger charge is -2.33. The zero-order valence-corrected chi connectivity index (χ0v) is 22.9. The average molecular weight is 585 g/mol. The summed E-state index contributed by atoms with van der Waals surface area (Å²) in [7, 11) is 0. The minimum Gasteiger partial charge on any atom is -0.383 e. The monoisotopic (exact) mass is 584 g/mol. The van der Waals surface area contributed by atoms with E-state index in [1.54, 1.807) is 28.6 Å². The molecule has 0 unspecified atom stereocenters. The number of anilines is 2. The number of thioether (sulfide) groups is 1. The number of rotatable bonds is 7. The number of hydrogen-bond donors (Lipinski definition) is 2. The Kier molecular flexibility index (Phi) is 8.10. The van der Waals surface area contributed by atoms with Gasteiger partial charge < -0.3 is 16.0 Å². The maximum atomic E-state index is 13.0. The molecule has 4 heterocycles. The van der Waals surface area contributed by atoms with Crippen LogP contribution < -0.4 is 11.1 Å². The van der Waals surface area contributed by atoms with E-state index in [0.717, 1.165) is 36.9 Å². The molecule has 0 aliphatic carbocycles. The predicted octanol–water partition coefficient (Wildman–Crippen LogP) is 4.66.